The molecule has 0 radical (unpaired) electrons. The Kier molecular flexibility index (Phi) is 9.40. The molecule has 37 heavy (non-hydrogen) atoms. The van der Waals surface area contributed by atoms with Crippen molar-refractivity contribution in [2.24, 2.45) is 22.9 Å². The molecule has 1 aliphatic carbocycles. The van der Waals surface area contributed by atoms with Crippen molar-refractivity contribution in [1.82, 2.24) is 5.32 Å². The Hall–Kier alpha value is -0.640. The van der Waals surface area contributed by atoms with E-state index in [4.69, 9.17) is 46.6 Å². The number of rotatable bonds is 6. The van der Waals surface area contributed by atoms with Crippen LogP contribution < -0.4 is 28.3 Å². The molecule has 16 nitrogen and oxygen atoms in total. The predicted molar refractivity (Wildman–Crippen MR) is 123 cm³/mol. The first kappa shape index (κ1) is 29.3. The van der Waals surface area contributed by atoms with Gasteiger partial charge in [-0.25, -0.2) is 0 Å². The fourth-order valence-electron chi connectivity index (χ4n) is 5.46. The molecule has 3 unspecified atom stereocenters. The highest BCUT2D eigenvalue weighted by Gasteiger charge is 2.54. The number of nitrogens with one attached hydrogen (secondary N) is 1. The molecule has 4 rings (SSSR count). The molecule has 3 aliphatic heterocycles. The Balaban J connectivity index is 1.43. The zero-order valence-corrected chi connectivity index (χ0v) is 20.5. The van der Waals surface area contributed by atoms with E-state index >= 15 is 0 Å². The summed E-state index contributed by atoms with van der Waals surface area (Å²) in [7, 11) is 1.55. The molecule has 4 fully saturated rings. The van der Waals surface area contributed by atoms with Gasteiger partial charge in [-0.05, 0) is 19.9 Å². The van der Waals surface area contributed by atoms with E-state index in [1.807, 2.05) is 0 Å². The summed E-state index contributed by atoms with van der Waals surface area (Å²) < 4.78 is 29.2. The van der Waals surface area contributed by atoms with E-state index < -0.39 is 111 Å². The van der Waals surface area contributed by atoms with Crippen molar-refractivity contribution < 1.29 is 54.3 Å². The Morgan fingerprint density at radius 2 is 1.43 bits per heavy atom. The van der Waals surface area contributed by atoms with Crippen LogP contribution in [0.4, 0.5) is 0 Å². The van der Waals surface area contributed by atoms with E-state index in [0.717, 1.165) is 0 Å². The lowest BCUT2D eigenvalue weighted by molar-refractivity contribution is -0.373. The van der Waals surface area contributed by atoms with Crippen molar-refractivity contribution in [3.63, 3.8) is 0 Å². The molecule has 216 valence electrons. The molecule has 0 spiro atoms. The first-order chi connectivity index (χ1) is 17.5. The lowest BCUT2D eigenvalue weighted by Crippen LogP contribution is -2.70. The maximum absolute atomic E-state index is 11.1. The maximum Gasteiger partial charge on any atom is 0.189 e. The van der Waals surface area contributed by atoms with Crippen molar-refractivity contribution >= 4 is 0 Å². The number of aliphatic hydroxyl groups is 6. The number of hydrogen-bond donors (Lipinski definition) is 11. The second-order valence-corrected chi connectivity index (χ2v) is 10.3. The molecule has 0 amide bonds. The Morgan fingerprint density at radius 3 is 2.08 bits per heavy atom. The third-order valence-corrected chi connectivity index (χ3v) is 7.74. The smallest absolute Gasteiger partial charge is 0.189 e. The Labute approximate surface area is 213 Å². The largest absolute Gasteiger partial charge is 0.394 e. The lowest BCUT2D eigenvalue weighted by Gasteiger charge is -2.51. The van der Waals surface area contributed by atoms with Crippen LogP contribution in [0.5, 0.6) is 0 Å². The van der Waals surface area contributed by atoms with Gasteiger partial charge in [0.1, 0.15) is 42.7 Å². The third-order valence-electron chi connectivity index (χ3n) is 7.74. The summed E-state index contributed by atoms with van der Waals surface area (Å²) in [4.78, 5) is 0. The van der Waals surface area contributed by atoms with Crippen LogP contribution in [-0.2, 0) is 23.7 Å². The lowest BCUT2D eigenvalue weighted by atomic mass is 9.84. The van der Waals surface area contributed by atoms with E-state index in [9.17, 15) is 30.6 Å². The van der Waals surface area contributed by atoms with Gasteiger partial charge in [0.2, 0.25) is 0 Å². The van der Waals surface area contributed by atoms with Gasteiger partial charge >= 0.3 is 0 Å². The maximum atomic E-state index is 11.1. The molecular formula is C21H41N5O11. The fraction of sp³-hybridized carbons (Fsp3) is 1.00. The van der Waals surface area contributed by atoms with Crippen molar-refractivity contribution in [2.45, 2.75) is 117 Å². The van der Waals surface area contributed by atoms with Crippen LogP contribution in [-0.4, -0.2) is 148 Å². The van der Waals surface area contributed by atoms with Crippen LogP contribution in [0.2, 0.25) is 0 Å². The van der Waals surface area contributed by atoms with Gasteiger partial charge in [0.25, 0.3) is 0 Å². The molecule has 16 heteroatoms. The third kappa shape index (κ3) is 5.66. The van der Waals surface area contributed by atoms with E-state index in [2.05, 4.69) is 5.32 Å². The molecular weight excluding hydrogens is 498 g/mol. The van der Waals surface area contributed by atoms with Crippen LogP contribution >= 0.6 is 0 Å². The van der Waals surface area contributed by atoms with Crippen LogP contribution in [0.25, 0.3) is 0 Å². The standard InChI is InChI=1S/C21H41N5O11/c1-26-11-14(30)18-8(33-20(11)37-21-16(32)13(29)10(25)9(4-27)34-21)3-7(24)19(36-18)35-17-6(23)2-5(22)12(28)15(17)31/h5-21,26-32H,2-4,22-25H2,1H3/t5-,6+,7-,8?,9-,10-,11+,12+,13+,14-,15-,16-,17-,18?,19+,20?,21-/m1/s1. The van der Waals surface area contributed by atoms with E-state index in [1.165, 1.54) is 0 Å². The number of fused-ring (bicyclic) bond motifs is 1. The van der Waals surface area contributed by atoms with E-state index in [1.54, 1.807) is 7.05 Å². The minimum atomic E-state index is -1.54. The molecule has 0 aromatic heterocycles. The first-order valence-corrected chi connectivity index (χ1v) is 12.5. The van der Waals surface area contributed by atoms with Crippen LogP contribution in [0.15, 0.2) is 0 Å². The second-order valence-electron chi connectivity index (χ2n) is 10.3. The molecule has 17 atom stereocenters. The molecule has 3 heterocycles. The quantitative estimate of drug-likeness (QED) is 0.149. The molecule has 3 saturated heterocycles. The molecule has 0 aromatic carbocycles. The number of likely N-dealkylation sites (N-methyl/N-ethyl adjacent to an activating group) is 1. The van der Waals surface area contributed by atoms with Crippen molar-refractivity contribution in [3.05, 3.63) is 0 Å². The normalized spacial score (nSPS) is 55.1. The number of ether oxygens (including phenoxy) is 5. The topological polar surface area (TPSA) is 284 Å². The van der Waals surface area contributed by atoms with Crippen molar-refractivity contribution in [1.29, 1.82) is 0 Å². The predicted octanol–water partition coefficient (Wildman–Crippen LogP) is -6.95. The van der Waals surface area contributed by atoms with Crippen molar-refractivity contribution in [2.75, 3.05) is 13.7 Å². The molecule has 4 aliphatic rings. The number of nitrogens with two attached hydrogens (primary N) is 4. The van der Waals surface area contributed by atoms with Gasteiger partial charge in [-0.3, -0.25) is 0 Å². The van der Waals surface area contributed by atoms with Gasteiger partial charge in [-0.2, -0.15) is 0 Å². The first-order valence-electron chi connectivity index (χ1n) is 12.5. The summed E-state index contributed by atoms with van der Waals surface area (Å²) in [5.41, 5.74) is 24.0. The summed E-state index contributed by atoms with van der Waals surface area (Å²) in [5, 5.41) is 64.7. The second kappa shape index (κ2) is 11.8. The average Bonchev–Trinajstić information content (AvgIpc) is 2.86. The highest BCUT2D eigenvalue weighted by atomic mass is 16.8. The summed E-state index contributed by atoms with van der Waals surface area (Å²) >= 11 is 0. The van der Waals surface area contributed by atoms with Gasteiger partial charge in [0.15, 0.2) is 18.9 Å². The zero-order chi connectivity index (χ0) is 27.2. The van der Waals surface area contributed by atoms with Gasteiger partial charge in [-0.15, -0.1) is 0 Å². The minimum absolute atomic E-state index is 0.156. The zero-order valence-electron chi connectivity index (χ0n) is 20.5. The number of aliphatic hydroxyl groups excluding tert-OH is 6. The van der Waals surface area contributed by atoms with Crippen LogP contribution in [0.1, 0.15) is 12.8 Å². The summed E-state index contributed by atoms with van der Waals surface area (Å²) in [6, 6.07) is -4.05. The summed E-state index contributed by atoms with van der Waals surface area (Å²) in [6.45, 7) is -0.508. The van der Waals surface area contributed by atoms with Gasteiger partial charge in [0.05, 0.1) is 36.9 Å². The highest BCUT2D eigenvalue weighted by Crippen LogP contribution is 2.35. The summed E-state index contributed by atoms with van der Waals surface area (Å²) in [5.74, 6) is 0. The SMILES string of the molecule is CN[C@@H]1C(O[C@H]2O[C@H](CO)[C@@H](N)[C@H](O)[C@H]2O)OC2C[C@@H](N)[C@@H](O[C@H]3[C@H](O)[C@@H](O)[C@H](N)C[C@@H]3N)OC2[C@@H]1O. The summed E-state index contributed by atoms with van der Waals surface area (Å²) in [6.07, 6.45) is -13.7. The average molecular weight is 540 g/mol. The van der Waals surface area contributed by atoms with Crippen LogP contribution in [0, 0.1) is 0 Å². The molecule has 0 bridgehead atoms. The van der Waals surface area contributed by atoms with Crippen LogP contribution in [0.3, 0.4) is 0 Å². The van der Waals surface area contributed by atoms with E-state index in [0.29, 0.717) is 0 Å². The fourth-order valence-corrected chi connectivity index (χ4v) is 5.46. The Morgan fingerprint density at radius 1 is 0.730 bits per heavy atom. The highest BCUT2D eigenvalue weighted by molar-refractivity contribution is 5.01. The molecule has 15 N–H and O–H groups in total. The molecule has 1 saturated carbocycles. The molecule has 0 aromatic rings. The van der Waals surface area contributed by atoms with Gasteiger partial charge in [-0.1, -0.05) is 0 Å². The Bertz CT molecular complexity index is 756. The number of hydrogen-bond acceptors (Lipinski definition) is 16. The van der Waals surface area contributed by atoms with Gasteiger partial charge < -0.3 is 82.6 Å². The van der Waals surface area contributed by atoms with Gasteiger partial charge in [0, 0.05) is 12.1 Å². The minimum Gasteiger partial charge on any atom is -0.394 e. The monoisotopic (exact) mass is 539 g/mol. The van der Waals surface area contributed by atoms with E-state index in [-0.39, 0.29) is 12.8 Å². The van der Waals surface area contributed by atoms with Crippen molar-refractivity contribution in [3.8, 4) is 0 Å².